The number of sulfone groups is 1. The summed E-state index contributed by atoms with van der Waals surface area (Å²) in [5, 5.41) is 0. The predicted molar refractivity (Wildman–Crippen MR) is 93.5 cm³/mol. The van der Waals surface area contributed by atoms with E-state index in [9.17, 15) is 13.2 Å². The van der Waals surface area contributed by atoms with Crippen LogP contribution in [0.5, 0.6) is 0 Å². The third kappa shape index (κ3) is 5.58. The van der Waals surface area contributed by atoms with Gasteiger partial charge in [-0.2, -0.15) is 0 Å². The molecule has 6 nitrogen and oxygen atoms in total. The van der Waals surface area contributed by atoms with Crippen LogP contribution < -0.4 is 0 Å². The second-order valence-electron chi connectivity index (χ2n) is 6.18. The summed E-state index contributed by atoms with van der Waals surface area (Å²) < 4.78 is 28.0. The summed E-state index contributed by atoms with van der Waals surface area (Å²) in [7, 11) is -1.41. The van der Waals surface area contributed by atoms with Crippen LogP contribution in [0.25, 0.3) is 0 Å². The van der Waals surface area contributed by atoms with E-state index in [1.165, 1.54) is 6.26 Å². The molecule has 2 rings (SSSR count). The van der Waals surface area contributed by atoms with Gasteiger partial charge in [0.25, 0.3) is 5.91 Å². The molecule has 1 aliphatic heterocycles. The molecule has 0 aromatic heterocycles. The Morgan fingerprint density at radius 3 is 2.50 bits per heavy atom. The van der Waals surface area contributed by atoms with Gasteiger partial charge in [-0.3, -0.25) is 4.79 Å². The number of carbonyl (C=O) groups excluding carboxylic acids is 1. The summed E-state index contributed by atoms with van der Waals surface area (Å²) in [5.41, 5.74) is 0.850. The van der Waals surface area contributed by atoms with Gasteiger partial charge in [0.1, 0.15) is 9.84 Å². The Labute approximate surface area is 144 Å². The van der Waals surface area contributed by atoms with E-state index in [1.54, 1.807) is 7.11 Å². The number of benzene rings is 1. The van der Waals surface area contributed by atoms with Gasteiger partial charge < -0.3 is 14.5 Å². The van der Waals surface area contributed by atoms with Gasteiger partial charge in [0, 0.05) is 39.5 Å². The molecule has 1 saturated heterocycles. The lowest BCUT2D eigenvalue weighted by atomic mass is 10.1. The van der Waals surface area contributed by atoms with E-state index in [-0.39, 0.29) is 11.7 Å². The quantitative estimate of drug-likeness (QED) is 0.761. The Morgan fingerprint density at radius 1 is 1.17 bits per heavy atom. The number of amides is 1. The highest BCUT2D eigenvalue weighted by Crippen LogP contribution is 2.20. The normalized spacial score (nSPS) is 18.2. The van der Waals surface area contributed by atoms with E-state index in [0.29, 0.717) is 26.2 Å². The fourth-order valence-corrected chi connectivity index (χ4v) is 3.47. The summed E-state index contributed by atoms with van der Waals surface area (Å²) in [5.74, 6) is 0.125. The summed E-state index contributed by atoms with van der Waals surface area (Å²) in [4.78, 5) is 16.7. The Hall–Kier alpha value is -1.44. The number of carbonyl (C=O) groups is 1. The number of ether oxygens (including phenoxy) is 1. The molecule has 24 heavy (non-hydrogen) atoms. The molecule has 0 unspecified atom stereocenters. The second-order valence-corrected chi connectivity index (χ2v) is 8.44. The molecule has 1 atom stereocenters. The Kier molecular flexibility index (Phi) is 6.77. The van der Waals surface area contributed by atoms with E-state index in [2.05, 4.69) is 4.90 Å². The van der Waals surface area contributed by atoms with E-state index in [4.69, 9.17) is 4.74 Å². The molecule has 0 saturated carbocycles. The van der Waals surface area contributed by atoms with Crippen molar-refractivity contribution in [2.45, 2.75) is 12.5 Å². The van der Waals surface area contributed by atoms with Crippen molar-refractivity contribution in [1.29, 1.82) is 0 Å². The van der Waals surface area contributed by atoms with Gasteiger partial charge in [0.05, 0.1) is 5.75 Å². The van der Waals surface area contributed by atoms with Crippen LogP contribution in [0, 0.1) is 0 Å². The monoisotopic (exact) mass is 354 g/mol. The first-order valence-electron chi connectivity index (χ1n) is 8.17. The van der Waals surface area contributed by atoms with Gasteiger partial charge in [-0.05, 0) is 18.5 Å². The van der Waals surface area contributed by atoms with Crippen molar-refractivity contribution in [3.05, 3.63) is 35.9 Å². The minimum atomic E-state index is -2.96. The lowest BCUT2D eigenvalue weighted by molar-refractivity contribution is -0.142. The largest absolute Gasteiger partial charge is 0.367 e. The average molecular weight is 354 g/mol. The third-order valence-corrected chi connectivity index (χ3v) is 5.16. The Bertz CT molecular complexity index is 633. The minimum Gasteiger partial charge on any atom is -0.367 e. The molecule has 0 N–H and O–H groups in total. The van der Waals surface area contributed by atoms with Crippen molar-refractivity contribution in [2.75, 3.05) is 51.8 Å². The van der Waals surface area contributed by atoms with Gasteiger partial charge in [-0.25, -0.2) is 8.42 Å². The molecule has 0 bridgehead atoms. The van der Waals surface area contributed by atoms with Gasteiger partial charge in [0.15, 0.2) is 6.10 Å². The predicted octanol–water partition coefficient (Wildman–Crippen LogP) is 0.953. The first-order chi connectivity index (χ1) is 11.4. The van der Waals surface area contributed by atoms with Crippen LogP contribution in [0.4, 0.5) is 0 Å². The van der Waals surface area contributed by atoms with Crippen LogP contribution in [0.2, 0.25) is 0 Å². The SMILES string of the molecule is CO[C@@H](C(=O)N1CCCN(CCS(C)(=O)=O)CC1)c1ccccc1. The van der Waals surface area contributed by atoms with Gasteiger partial charge in [-0.1, -0.05) is 30.3 Å². The zero-order valence-electron chi connectivity index (χ0n) is 14.3. The number of methoxy groups -OCH3 is 1. The van der Waals surface area contributed by atoms with Crippen LogP contribution in [-0.4, -0.2) is 76.0 Å². The van der Waals surface area contributed by atoms with Crippen LogP contribution in [-0.2, 0) is 19.4 Å². The zero-order valence-corrected chi connectivity index (χ0v) is 15.2. The van der Waals surface area contributed by atoms with Crippen molar-refractivity contribution in [3.8, 4) is 0 Å². The fourth-order valence-electron chi connectivity index (χ4n) is 2.88. The maximum absolute atomic E-state index is 12.8. The molecular weight excluding hydrogens is 328 g/mol. The Morgan fingerprint density at radius 2 is 1.88 bits per heavy atom. The van der Waals surface area contributed by atoms with E-state index >= 15 is 0 Å². The highest BCUT2D eigenvalue weighted by atomic mass is 32.2. The number of hydrogen-bond donors (Lipinski definition) is 0. The molecule has 0 spiro atoms. The maximum atomic E-state index is 12.8. The van der Waals surface area contributed by atoms with E-state index in [1.807, 2.05) is 35.2 Å². The fraction of sp³-hybridized carbons (Fsp3) is 0.588. The molecule has 1 aromatic rings. The van der Waals surface area contributed by atoms with Crippen LogP contribution in [0.1, 0.15) is 18.1 Å². The molecule has 1 aromatic carbocycles. The topological polar surface area (TPSA) is 66.9 Å². The summed E-state index contributed by atoms with van der Waals surface area (Å²) in [6, 6.07) is 9.48. The van der Waals surface area contributed by atoms with Crippen molar-refractivity contribution in [2.24, 2.45) is 0 Å². The van der Waals surface area contributed by atoms with Gasteiger partial charge >= 0.3 is 0 Å². The van der Waals surface area contributed by atoms with Crippen LogP contribution in [0.15, 0.2) is 30.3 Å². The first kappa shape index (κ1) is 18.9. The average Bonchev–Trinajstić information content (AvgIpc) is 2.79. The molecule has 0 radical (unpaired) electrons. The third-order valence-electron chi connectivity index (χ3n) is 4.24. The van der Waals surface area contributed by atoms with Crippen LogP contribution >= 0.6 is 0 Å². The smallest absolute Gasteiger partial charge is 0.256 e. The van der Waals surface area contributed by atoms with Crippen molar-refractivity contribution in [3.63, 3.8) is 0 Å². The number of nitrogens with zero attached hydrogens (tertiary/aromatic N) is 2. The molecular formula is C17H26N2O4S. The number of rotatable bonds is 6. The second kappa shape index (κ2) is 8.60. The maximum Gasteiger partial charge on any atom is 0.256 e. The van der Waals surface area contributed by atoms with Crippen molar-refractivity contribution < 1.29 is 17.9 Å². The molecule has 0 aliphatic carbocycles. The Balaban J connectivity index is 1.96. The highest BCUT2D eigenvalue weighted by molar-refractivity contribution is 7.90. The van der Waals surface area contributed by atoms with Crippen molar-refractivity contribution in [1.82, 2.24) is 9.80 Å². The van der Waals surface area contributed by atoms with E-state index in [0.717, 1.165) is 18.5 Å². The molecule has 7 heteroatoms. The summed E-state index contributed by atoms with van der Waals surface area (Å²) >= 11 is 0. The van der Waals surface area contributed by atoms with Gasteiger partial charge in [0.2, 0.25) is 0 Å². The lowest BCUT2D eigenvalue weighted by Gasteiger charge is -2.26. The minimum absolute atomic E-state index is 0.0336. The highest BCUT2D eigenvalue weighted by Gasteiger charge is 2.27. The lowest BCUT2D eigenvalue weighted by Crippen LogP contribution is -2.39. The number of hydrogen-bond acceptors (Lipinski definition) is 5. The van der Waals surface area contributed by atoms with Crippen LogP contribution in [0.3, 0.4) is 0 Å². The zero-order chi connectivity index (χ0) is 17.6. The van der Waals surface area contributed by atoms with Gasteiger partial charge in [-0.15, -0.1) is 0 Å². The molecule has 1 heterocycles. The molecule has 1 amide bonds. The van der Waals surface area contributed by atoms with E-state index < -0.39 is 15.9 Å². The molecule has 1 fully saturated rings. The molecule has 134 valence electrons. The van der Waals surface area contributed by atoms with Crippen molar-refractivity contribution >= 4 is 15.7 Å². The standard InChI is InChI=1S/C17H26N2O4S/c1-23-16(15-7-4-3-5-8-15)17(20)19-10-6-9-18(11-12-19)13-14-24(2,21)22/h3-5,7-8,16H,6,9-14H2,1-2H3/t16-/m1/s1. The summed E-state index contributed by atoms with van der Waals surface area (Å²) in [6.45, 7) is 3.28. The first-order valence-corrected chi connectivity index (χ1v) is 10.2. The summed E-state index contributed by atoms with van der Waals surface area (Å²) in [6.07, 6.45) is 1.50. The molecule has 1 aliphatic rings.